The molecule has 104 valence electrons. The van der Waals surface area contributed by atoms with Crippen LogP contribution >= 0.6 is 11.6 Å². The number of esters is 1. The molecular formula is C15H14ClNO3. The van der Waals surface area contributed by atoms with Crippen LogP contribution in [0.15, 0.2) is 42.5 Å². The number of nitrogens with two attached hydrogens (primary N) is 1. The first-order chi connectivity index (χ1) is 9.58. The van der Waals surface area contributed by atoms with Gasteiger partial charge in [0.1, 0.15) is 12.4 Å². The van der Waals surface area contributed by atoms with Crippen molar-refractivity contribution in [1.82, 2.24) is 0 Å². The van der Waals surface area contributed by atoms with Crippen molar-refractivity contribution in [1.29, 1.82) is 0 Å². The van der Waals surface area contributed by atoms with Gasteiger partial charge in [0, 0.05) is 10.7 Å². The van der Waals surface area contributed by atoms with Crippen molar-refractivity contribution in [3.05, 3.63) is 58.6 Å². The van der Waals surface area contributed by atoms with Crippen LogP contribution in [0.5, 0.6) is 5.75 Å². The molecule has 0 aliphatic carbocycles. The Morgan fingerprint density at radius 3 is 2.50 bits per heavy atom. The summed E-state index contributed by atoms with van der Waals surface area (Å²) in [5.41, 5.74) is 7.26. The van der Waals surface area contributed by atoms with Crippen LogP contribution in [-0.4, -0.2) is 13.1 Å². The van der Waals surface area contributed by atoms with E-state index in [-0.39, 0.29) is 6.61 Å². The lowest BCUT2D eigenvalue weighted by atomic mass is 10.2. The van der Waals surface area contributed by atoms with Crippen molar-refractivity contribution in [3.8, 4) is 5.75 Å². The highest BCUT2D eigenvalue weighted by Gasteiger charge is 2.09. The van der Waals surface area contributed by atoms with Crippen LogP contribution in [0.25, 0.3) is 0 Å². The largest absolute Gasteiger partial charge is 0.497 e. The number of ether oxygens (including phenoxy) is 2. The molecule has 0 radical (unpaired) electrons. The van der Waals surface area contributed by atoms with Gasteiger partial charge in [-0.05, 0) is 35.9 Å². The zero-order valence-electron chi connectivity index (χ0n) is 10.9. The Bertz CT molecular complexity index is 591. The molecule has 20 heavy (non-hydrogen) atoms. The summed E-state index contributed by atoms with van der Waals surface area (Å²) in [4.78, 5) is 11.9. The highest BCUT2D eigenvalue weighted by atomic mass is 35.5. The molecule has 0 aliphatic heterocycles. The first-order valence-corrected chi connectivity index (χ1v) is 6.32. The van der Waals surface area contributed by atoms with E-state index in [0.29, 0.717) is 16.3 Å². The van der Waals surface area contributed by atoms with Crippen LogP contribution in [0.3, 0.4) is 0 Å². The van der Waals surface area contributed by atoms with Gasteiger partial charge >= 0.3 is 5.97 Å². The average Bonchev–Trinajstić information content (AvgIpc) is 2.44. The van der Waals surface area contributed by atoms with E-state index in [1.165, 1.54) is 12.1 Å². The number of carbonyl (C=O) groups is 1. The summed E-state index contributed by atoms with van der Waals surface area (Å²) in [6.07, 6.45) is 0. The summed E-state index contributed by atoms with van der Waals surface area (Å²) in [7, 11) is 1.60. The Balaban J connectivity index is 2.00. The van der Waals surface area contributed by atoms with Crippen molar-refractivity contribution in [2.75, 3.05) is 12.8 Å². The third-order valence-electron chi connectivity index (χ3n) is 2.68. The van der Waals surface area contributed by atoms with E-state index < -0.39 is 5.97 Å². The lowest BCUT2D eigenvalue weighted by Crippen LogP contribution is -2.06. The Kier molecular flexibility index (Phi) is 4.48. The Morgan fingerprint density at radius 2 is 1.90 bits per heavy atom. The lowest BCUT2D eigenvalue weighted by Gasteiger charge is -2.07. The number of benzene rings is 2. The van der Waals surface area contributed by atoms with Gasteiger partial charge in [0.15, 0.2) is 0 Å². The van der Waals surface area contributed by atoms with Crippen LogP contribution in [0.1, 0.15) is 15.9 Å². The number of methoxy groups -OCH3 is 1. The molecule has 0 aliphatic rings. The Labute approximate surface area is 122 Å². The molecule has 0 aromatic heterocycles. The average molecular weight is 292 g/mol. The van der Waals surface area contributed by atoms with Crippen molar-refractivity contribution >= 4 is 23.3 Å². The fraction of sp³-hybridized carbons (Fsp3) is 0.133. The van der Waals surface area contributed by atoms with E-state index in [1.54, 1.807) is 25.3 Å². The molecule has 0 amide bonds. The van der Waals surface area contributed by atoms with Crippen molar-refractivity contribution in [2.45, 2.75) is 6.61 Å². The predicted molar refractivity (Wildman–Crippen MR) is 78.0 cm³/mol. The van der Waals surface area contributed by atoms with Crippen molar-refractivity contribution in [3.63, 3.8) is 0 Å². The van der Waals surface area contributed by atoms with Crippen molar-refractivity contribution < 1.29 is 14.3 Å². The molecule has 0 unspecified atom stereocenters. The highest BCUT2D eigenvalue weighted by Crippen LogP contribution is 2.18. The van der Waals surface area contributed by atoms with Crippen LogP contribution in [-0.2, 0) is 11.3 Å². The summed E-state index contributed by atoms with van der Waals surface area (Å²) in [6.45, 7) is 0.176. The van der Waals surface area contributed by atoms with Gasteiger partial charge in [-0.1, -0.05) is 23.7 Å². The molecule has 4 nitrogen and oxygen atoms in total. The molecule has 0 atom stereocenters. The summed E-state index contributed by atoms with van der Waals surface area (Å²) < 4.78 is 10.3. The van der Waals surface area contributed by atoms with Gasteiger partial charge in [-0.15, -0.1) is 0 Å². The first-order valence-electron chi connectivity index (χ1n) is 5.94. The van der Waals surface area contributed by atoms with Crippen LogP contribution in [0, 0.1) is 0 Å². The number of hydrogen-bond donors (Lipinski definition) is 1. The number of carbonyl (C=O) groups excluding carboxylic acids is 1. The first kappa shape index (κ1) is 14.2. The molecule has 0 saturated carbocycles. The second kappa shape index (κ2) is 6.30. The number of rotatable bonds is 4. The minimum atomic E-state index is -0.463. The molecule has 5 heteroatoms. The zero-order valence-corrected chi connectivity index (χ0v) is 11.7. The summed E-state index contributed by atoms with van der Waals surface area (Å²) >= 11 is 5.84. The summed E-state index contributed by atoms with van der Waals surface area (Å²) in [5, 5.41) is 0.404. The third kappa shape index (κ3) is 3.65. The van der Waals surface area contributed by atoms with E-state index in [0.717, 1.165) is 11.3 Å². The molecule has 2 aromatic rings. The highest BCUT2D eigenvalue weighted by molar-refractivity contribution is 6.31. The maximum atomic E-state index is 11.9. The molecule has 0 fully saturated rings. The van der Waals surface area contributed by atoms with E-state index in [2.05, 4.69) is 0 Å². The molecule has 2 N–H and O–H groups in total. The second-order valence-corrected chi connectivity index (χ2v) is 4.63. The van der Waals surface area contributed by atoms with E-state index >= 15 is 0 Å². The summed E-state index contributed by atoms with van der Waals surface area (Å²) in [6, 6.07) is 11.9. The number of nitrogen functional groups attached to an aromatic ring is 1. The molecular weight excluding hydrogens is 278 g/mol. The summed E-state index contributed by atoms with van der Waals surface area (Å²) in [5.74, 6) is 0.290. The van der Waals surface area contributed by atoms with Crippen LogP contribution in [0.2, 0.25) is 5.02 Å². The standard InChI is InChI=1S/C15H14ClNO3/c1-19-14-4-2-10(3-5-14)9-20-15(18)11-6-12(16)8-13(17)7-11/h2-8H,9,17H2,1H3. The predicted octanol–water partition coefficient (Wildman–Crippen LogP) is 3.29. The van der Waals surface area contributed by atoms with Gasteiger partial charge in [-0.25, -0.2) is 4.79 Å². The van der Waals surface area contributed by atoms with Gasteiger partial charge in [-0.2, -0.15) is 0 Å². The molecule has 2 aromatic carbocycles. The van der Waals surface area contributed by atoms with Crippen molar-refractivity contribution in [2.24, 2.45) is 0 Å². The quantitative estimate of drug-likeness (QED) is 0.693. The van der Waals surface area contributed by atoms with Crippen LogP contribution < -0.4 is 10.5 Å². The van der Waals surface area contributed by atoms with Gasteiger partial charge < -0.3 is 15.2 Å². The third-order valence-corrected chi connectivity index (χ3v) is 2.90. The molecule has 0 bridgehead atoms. The number of anilines is 1. The number of hydrogen-bond acceptors (Lipinski definition) is 4. The van der Waals surface area contributed by atoms with E-state index in [4.69, 9.17) is 26.8 Å². The second-order valence-electron chi connectivity index (χ2n) is 4.20. The fourth-order valence-electron chi connectivity index (χ4n) is 1.68. The molecule has 0 saturated heterocycles. The minimum absolute atomic E-state index is 0.176. The molecule has 0 spiro atoms. The van der Waals surface area contributed by atoms with Gasteiger partial charge in [0.25, 0.3) is 0 Å². The Hall–Kier alpha value is -2.20. The number of halogens is 1. The SMILES string of the molecule is COc1ccc(COC(=O)c2cc(N)cc(Cl)c2)cc1. The topological polar surface area (TPSA) is 61.5 Å². The maximum absolute atomic E-state index is 11.9. The van der Waals surface area contributed by atoms with E-state index in [1.807, 2.05) is 12.1 Å². The Morgan fingerprint density at radius 1 is 1.20 bits per heavy atom. The fourth-order valence-corrected chi connectivity index (χ4v) is 1.93. The van der Waals surface area contributed by atoms with Gasteiger partial charge in [0.2, 0.25) is 0 Å². The zero-order chi connectivity index (χ0) is 14.5. The maximum Gasteiger partial charge on any atom is 0.338 e. The van der Waals surface area contributed by atoms with E-state index in [9.17, 15) is 4.79 Å². The molecule has 0 heterocycles. The van der Waals surface area contributed by atoms with Gasteiger partial charge in [0.05, 0.1) is 12.7 Å². The monoisotopic (exact) mass is 291 g/mol. The van der Waals surface area contributed by atoms with Gasteiger partial charge in [-0.3, -0.25) is 0 Å². The van der Waals surface area contributed by atoms with Crippen LogP contribution in [0.4, 0.5) is 5.69 Å². The normalized spacial score (nSPS) is 10.1. The smallest absolute Gasteiger partial charge is 0.338 e. The lowest BCUT2D eigenvalue weighted by molar-refractivity contribution is 0.0473. The molecule has 2 rings (SSSR count). The minimum Gasteiger partial charge on any atom is -0.497 e.